The van der Waals surface area contributed by atoms with Crippen LogP contribution in [-0.2, 0) is 20.3 Å². The molecule has 0 N–H and O–H groups in total. The highest BCUT2D eigenvalue weighted by Crippen LogP contribution is 2.72. The molecule has 2 spiro atoms. The number of quaternary nitrogens is 2. The van der Waals surface area contributed by atoms with Crippen LogP contribution in [0, 0.1) is 34.1 Å². The number of hydroxylamine groups is 6. The molecule has 8 nitrogen and oxygen atoms in total. The molecule has 0 aromatic heterocycles. The molecule has 11 aliphatic rings. The standard InChI is InChI=1S/C38H40N4O4/c43-41-13-11-37-25-5-1-3-7-27(25)39-33(37)31-23(17-29(37)41)21(19-41)10-16-46-36(31)40-28-8-4-2-6-26(28)38-12-14-42(44)20-22-9-15-45-35(39)32(34(38)40)24(22)18-30(38)42/h1-10,23-24,29-36H,11-20H2/t23-,24-,29-,30-,31+,32+,33-,34-,35+,36+,37+,38+,41+,42+/m0/s1. The minimum Gasteiger partial charge on any atom is -0.632 e. The highest BCUT2D eigenvalue weighted by Gasteiger charge is 2.79. The third-order valence-electron chi connectivity index (χ3n) is 16.1. The Labute approximate surface area is 269 Å². The van der Waals surface area contributed by atoms with Crippen LogP contribution in [0.5, 0.6) is 0 Å². The average Bonchev–Trinajstić information content (AvgIpc) is 3.66. The van der Waals surface area contributed by atoms with E-state index in [1.165, 1.54) is 33.6 Å². The van der Waals surface area contributed by atoms with E-state index in [2.05, 4.69) is 70.5 Å². The Hall–Kier alpha value is -2.72. The molecule has 13 rings (SSSR count). The molecule has 7 fully saturated rings. The van der Waals surface area contributed by atoms with Gasteiger partial charge in [0.05, 0.1) is 49.2 Å². The summed E-state index contributed by atoms with van der Waals surface area (Å²) >= 11 is 0. The monoisotopic (exact) mass is 616 g/mol. The number of hydrogen-bond acceptors (Lipinski definition) is 6. The van der Waals surface area contributed by atoms with Gasteiger partial charge < -0.3 is 39.0 Å². The van der Waals surface area contributed by atoms with Crippen molar-refractivity contribution in [2.24, 2.45) is 23.7 Å². The van der Waals surface area contributed by atoms with Crippen molar-refractivity contribution in [3.63, 3.8) is 0 Å². The molecule has 2 aliphatic carbocycles. The van der Waals surface area contributed by atoms with Crippen LogP contribution in [0.3, 0.4) is 0 Å². The highest BCUT2D eigenvalue weighted by atomic mass is 16.6. The van der Waals surface area contributed by atoms with E-state index in [0.29, 0.717) is 51.2 Å². The molecular formula is C38H40N4O4. The van der Waals surface area contributed by atoms with Gasteiger partial charge in [-0.15, -0.1) is 0 Å². The number of fused-ring (bicyclic) bond motifs is 6. The molecule has 9 aliphatic heterocycles. The van der Waals surface area contributed by atoms with Crippen molar-refractivity contribution in [3.05, 3.63) is 93.4 Å². The minimum atomic E-state index is -0.217. The van der Waals surface area contributed by atoms with Crippen molar-refractivity contribution in [1.29, 1.82) is 0 Å². The van der Waals surface area contributed by atoms with Crippen LogP contribution in [0.4, 0.5) is 11.4 Å². The summed E-state index contributed by atoms with van der Waals surface area (Å²) < 4.78 is 14.4. The number of hydrogen-bond donors (Lipinski definition) is 0. The lowest BCUT2D eigenvalue weighted by Crippen LogP contribution is -2.77. The van der Waals surface area contributed by atoms with Crippen molar-refractivity contribution in [3.8, 4) is 0 Å². The van der Waals surface area contributed by atoms with Gasteiger partial charge >= 0.3 is 0 Å². The first-order valence-corrected chi connectivity index (χ1v) is 18.0. The Morgan fingerprint density at radius 3 is 1.59 bits per heavy atom. The van der Waals surface area contributed by atoms with E-state index in [1.807, 2.05) is 0 Å². The lowest BCUT2D eigenvalue weighted by atomic mass is 9.52. The largest absolute Gasteiger partial charge is 0.632 e. The zero-order valence-electron chi connectivity index (χ0n) is 26.0. The fourth-order valence-corrected chi connectivity index (χ4v) is 15.0. The molecule has 46 heavy (non-hydrogen) atoms. The quantitative estimate of drug-likeness (QED) is 0.250. The van der Waals surface area contributed by atoms with Crippen molar-refractivity contribution in [1.82, 2.24) is 0 Å². The number of rotatable bonds is 0. The molecule has 236 valence electrons. The van der Waals surface area contributed by atoms with Gasteiger partial charge in [-0.05, 0) is 34.4 Å². The summed E-state index contributed by atoms with van der Waals surface area (Å²) in [5.41, 5.74) is 7.62. The zero-order chi connectivity index (χ0) is 29.9. The number of benzene rings is 2. The average molecular weight is 617 g/mol. The van der Waals surface area contributed by atoms with Crippen LogP contribution >= 0.6 is 0 Å². The van der Waals surface area contributed by atoms with Gasteiger partial charge in [-0.25, -0.2) is 0 Å². The van der Waals surface area contributed by atoms with E-state index in [9.17, 15) is 10.4 Å². The Kier molecular flexibility index (Phi) is 4.19. The summed E-state index contributed by atoms with van der Waals surface area (Å²) in [6.45, 7) is 3.70. The molecule has 0 unspecified atom stereocenters. The predicted octanol–water partition coefficient (Wildman–Crippen LogP) is 4.29. The number of nitrogens with zero attached hydrogens (tertiary/aromatic N) is 4. The van der Waals surface area contributed by atoms with E-state index in [0.717, 1.165) is 25.7 Å². The first kappa shape index (κ1) is 25.3. The minimum absolute atomic E-state index is 0.0614. The maximum atomic E-state index is 14.9. The van der Waals surface area contributed by atoms with E-state index in [1.54, 1.807) is 0 Å². The van der Waals surface area contributed by atoms with E-state index < -0.39 is 0 Å². The summed E-state index contributed by atoms with van der Waals surface area (Å²) in [4.78, 5) is 5.52. The second-order valence-electron chi connectivity index (χ2n) is 16.9. The number of piperidine rings is 2. The topological polar surface area (TPSA) is 71.1 Å². The van der Waals surface area contributed by atoms with Gasteiger partial charge in [-0.3, -0.25) is 0 Å². The van der Waals surface area contributed by atoms with Gasteiger partial charge in [-0.1, -0.05) is 48.6 Å². The van der Waals surface area contributed by atoms with E-state index in [-0.39, 0.29) is 68.6 Å². The summed E-state index contributed by atoms with van der Waals surface area (Å²) in [6.07, 6.45) is 8.09. The van der Waals surface area contributed by atoms with Gasteiger partial charge in [0.2, 0.25) is 0 Å². The van der Waals surface area contributed by atoms with Gasteiger partial charge in [0.15, 0.2) is 0 Å². The molecule has 8 heteroatoms. The molecule has 14 atom stereocenters. The van der Waals surface area contributed by atoms with E-state index in [4.69, 9.17) is 9.47 Å². The molecule has 2 aromatic carbocycles. The Balaban J connectivity index is 1.15. The SMILES string of the molecule is [O-][N@+]12CC[C@@]34c5ccccc5N5[C@@H]6OCC=C7C[N@+]8([O-])CC[C@]9%10c%11ccccc%11N([C@@H]%11OCC=C(C1)[C@H](C[C@@H]32)[C@@H]%11[C@H]54)[C@H]9[C@H]6[C@H]7C[C@@H]%108. The molecule has 0 radical (unpaired) electrons. The predicted molar refractivity (Wildman–Crippen MR) is 171 cm³/mol. The summed E-state index contributed by atoms with van der Waals surface area (Å²) in [7, 11) is 0. The van der Waals surface area contributed by atoms with Crippen molar-refractivity contribution < 1.29 is 18.8 Å². The molecule has 0 amide bonds. The Morgan fingerprint density at radius 2 is 1.11 bits per heavy atom. The maximum Gasteiger partial charge on any atom is 0.136 e. The number of para-hydroxylation sites is 2. The van der Waals surface area contributed by atoms with Crippen LogP contribution in [0.25, 0.3) is 0 Å². The van der Waals surface area contributed by atoms with Crippen molar-refractivity contribution in [2.45, 2.75) is 73.1 Å². The van der Waals surface area contributed by atoms with Crippen LogP contribution in [-0.4, -0.2) is 85.3 Å². The second-order valence-corrected chi connectivity index (χ2v) is 16.9. The molecule has 2 saturated carbocycles. The van der Waals surface area contributed by atoms with E-state index >= 15 is 0 Å². The van der Waals surface area contributed by atoms with Gasteiger partial charge in [0, 0.05) is 60.7 Å². The van der Waals surface area contributed by atoms with Crippen molar-refractivity contribution >= 4 is 11.4 Å². The fraction of sp³-hybridized carbons (Fsp3) is 0.579. The summed E-state index contributed by atoms with van der Waals surface area (Å²) in [6, 6.07) is 18.6. The van der Waals surface area contributed by atoms with Crippen molar-refractivity contribution in [2.75, 3.05) is 49.2 Å². The third-order valence-corrected chi connectivity index (χ3v) is 16.1. The maximum absolute atomic E-state index is 14.9. The Morgan fingerprint density at radius 1 is 0.652 bits per heavy atom. The van der Waals surface area contributed by atoms with Crippen LogP contribution in [0.2, 0.25) is 0 Å². The van der Waals surface area contributed by atoms with Crippen LogP contribution in [0.1, 0.15) is 36.8 Å². The molecule has 5 saturated heterocycles. The second kappa shape index (κ2) is 7.61. The highest BCUT2D eigenvalue weighted by molar-refractivity contribution is 5.72. The fourth-order valence-electron chi connectivity index (χ4n) is 15.0. The third kappa shape index (κ3) is 2.39. The normalized spacial score (nSPS) is 53.3. The Bertz CT molecular complexity index is 1710. The summed E-state index contributed by atoms with van der Waals surface area (Å²) in [5, 5.41) is 29.9. The van der Waals surface area contributed by atoms with Gasteiger partial charge in [-0.2, -0.15) is 0 Å². The van der Waals surface area contributed by atoms with Gasteiger partial charge in [0.1, 0.15) is 37.6 Å². The molecular weight excluding hydrogens is 576 g/mol. The van der Waals surface area contributed by atoms with Crippen LogP contribution in [0.15, 0.2) is 71.8 Å². The lowest BCUT2D eigenvalue weighted by Gasteiger charge is -2.66. The first-order chi connectivity index (χ1) is 22.5. The smallest absolute Gasteiger partial charge is 0.136 e. The molecule has 2 aromatic rings. The number of ether oxygens (including phenoxy) is 2. The number of anilines is 2. The zero-order valence-corrected chi connectivity index (χ0v) is 26.0. The van der Waals surface area contributed by atoms with Crippen LogP contribution < -0.4 is 9.80 Å². The molecule has 9 heterocycles. The molecule has 4 bridgehead atoms. The summed E-state index contributed by atoms with van der Waals surface area (Å²) in [5.74, 6) is 1.02. The van der Waals surface area contributed by atoms with Gasteiger partial charge in [0.25, 0.3) is 0 Å². The lowest BCUT2D eigenvalue weighted by molar-refractivity contribution is -0.897. The first-order valence-electron chi connectivity index (χ1n) is 18.0.